The van der Waals surface area contributed by atoms with Gasteiger partial charge in [-0.3, -0.25) is 4.79 Å². The van der Waals surface area contributed by atoms with Crippen LogP contribution in [-0.4, -0.2) is 53.7 Å². The first-order chi connectivity index (χ1) is 13.7. The lowest BCUT2D eigenvalue weighted by Gasteiger charge is -2.34. The molecule has 0 bridgehead atoms. The summed E-state index contributed by atoms with van der Waals surface area (Å²) in [7, 11) is 1.63. The number of ether oxygens (including phenoxy) is 1. The Labute approximate surface area is 166 Å². The number of nitrogens with zero attached hydrogens (tertiary/aromatic N) is 3. The second-order valence-corrected chi connectivity index (χ2v) is 7.16. The van der Waals surface area contributed by atoms with Crippen molar-refractivity contribution >= 4 is 5.91 Å². The monoisotopic (exact) mass is 386 g/mol. The van der Waals surface area contributed by atoms with Crippen LogP contribution in [0, 0.1) is 0 Å². The van der Waals surface area contributed by atoms with Crippen LogP contribution in [0.1, 0.15) is 44.9 Å². The second kappa shape index (κ2) is 10.2. The zero-order valence-electron chi connectivity index (χ0n) is 16.8. The number of nitrogens with one attached hydrogen (secondary N) is 1. The Kier molecular flexibility index (Phi) is 7.42. The summed E-state index contributed by atoms with van der Waals surface area (Å²) in [6.07, 6.45) is 4.92. The smallest absolute Gasteiger partial charge is 0.226 e. The number of aromatic nitrogens is 2. The highest BCUT2D eigenvalue weighted by Crippen LogP contribution is 2.20. The third-order valence-corrected chi connectivity index (χ3v) is 5.13. The number of aryl methyl sites for hydroxylation is 1. The van der Waals surface area contributed by atoms with Gasteiger partial charge in [0.15, 0.2) is 0 Å². The van der Waals surface area contributed by atoms with Crippen molar-refractivity contribution in [3.05, 3.63) is 30.2 Å². The highest BCUT2D eigenvalue weighted by atomic mass is 16.5. The molecule has 1 aliphatic rings. The van der Waals surface area contributed by atoms with E-state index in [0.717, 1.165) is 50.2 Å². The van der Waals surface area contributed by atoms with Gasteiger partial charge in [0.05, 0.1) is 7.11 Å². The molecule has 0 unspecified atom stereocenters. The van der Waals surface area contributed by atoms with Crippen molar-refractivity contribution in [1.82, 2.24) is 20.4 Å². The molecule has 0 aliphatic carbocycles. The molecule has 7 nitrogen and oxygen atoms in total. The van der Waals surface area contributed by atoms with E-state index in [9.17, 15) is 4.79 Å². The number of carbonyl (C=O) groups is 1. The van der Waals surface area contributed by atoms with Crippen LogP contribution in [0.3, 0.4) is 0 Å². The summed E-state index contributed by atoms with van der Waals surface area (Å²) in [5.41, 5.74) is 0.881. The lowest BCUT2D eigenvalue weighted by atomic mass is 10.0. The van der Waals surface area contributed by atoms with Gasteiger partial charge in [-0.2, -0.15) is 4.98 Å². The average molecular weight is 386 g/mol. The van der Waals surface area contributed by atoms with Crippen LogP contribution in [0.2, 0.25) is 0 Å². The number of carbonyl (C=O) groups excluding carboxylic acids is 1. The molecule has 0 saturated carbocycles. The minimum atomic E-state index is 0.239. The third kappa shape index (κ3) is 5.32. The van der Waals surface area contributed by atoms with Crippen LogP contribution in [-0.2, 0) is 11.2 Å². The Morgan fingerprint density at radius 3 is 2.71 bits per heavy atom. The molecule has 7 heteroatoms. The molecule has 1 aliphatic heterocycles. The van der Waals surface area contributed by atoms with E-state index >= 15 is 0 Å². The summed E-state index contributed by atoms with van der Waals surface area (Å²) in [4.78, 5) is 19.3. The number of benzene rings is 1. The molecule has 1 N–H and O–H groups in total. The van der Waals surface area contributed by atoms with Crippen LogP contribution in [0.25, 0.3) is 11.4 Å². The van der Waals surface area contributed by atoms with Crippen LogP contribution in [0.5, 0.6) is 5.75 Å². The van der Waals surface area contributed by atoms with Gasteiger partial charge in [-0.15, -0.1) is 0 Å². The molecule has 1 aromatic heterocycles. The quantitative estimate of drug-likeness (QED) is 0.713. The minimum absolute atomic E-state index is 0.239. The van der Waals surface area contributed by atoms with Gasteiger partial charge in [-0.1, -0.05) is 12.1 Å². The van der Waals surface area contributed by atoms with Crippen molar-refractivity contribution in [1.29, 1.82) is 0 Å². The Morgan fingerprint density at radius 2 is 2.04 bits per heavy atom. The Balaban J connectivity index is 1.51. The van der Waals surface area contributed by atoms with E-state index in [4.69, 9.17) is 9.26 Å². The maximum atomic E-state index is 12.7. The summed E-state index contributed by atoms with van der Waals surface area (Å²) in [5.74, 6) is 2.16. The lowest BCUT2D eigenvalue weighted by molar-refractivity contribution is -0.134. The maximum Gasteiger partial charge on any atom is 0.226 e. The molecule has 28 heavy (non-hydrogen) atoms. The summed E-state index contributed by atoms with van der Waals surface area (Å²) in [5, 5.41) is 7.41. The molecule has 2 heterocycles. The molecule has 1 amide bonds. The first-order valence-corrected chi connectivity index (χ1v) is 10.2. The van der Waals surface area contributed by atoms with E-state index in [1.165, 1.54) is 0 Å². The Morgan fingerprint density at radius 1 is 1.29 bits per heavy atom. The van der Waals surface area contributed by atoms with Crippen LogP contribution >= 0.6 is 0 Å². The highest BCUT2D eigenvalue weighted by Gasteiger charge is 2.24. The fraction of sp³-hybridized carbons (Fsp3) is 0.571. The molecular weight excluding hydrogens is 356 g/mol. The van der Waals surface area contributed by atoms with Crippen LogP contribution in [0.15, 0.2) is 28.8 Å². The third-order valence-electron chi connectivity index (χ3n) is 5.13. The number of amides is 1. The maximum absolute atomic E-state index is 12.7. The molecule has 3 rings (SSSR count). The Hall–Kier alpha value is -2.41. The normalized spacial score (nSPS) is 14.8. The van der Waals surface area contributed by atoms with Crippen molar-refractivity contribution in [2.75, 3.05) is 26.7 Å². The van der Waals surface area contributed by atoms with E-state index in [2.05, 4.69) is 27.3 Å². The number of methoxy groups -OCH3 is 1. The van der Waals surface area contributed by atoms with Crippen molar-refractivity contribution < 1.29 is 14.1 Å². The second-order valence-electron chi connectivity index (χ2n) is 7.16. The lowest BCUT2D eigenvalue weighted by Crippen LogP contribution is -2.46. The predicted octanol–water partition coefficient (Wildman–Crippen LogP) is 3.06. The first kappa shape index (κ1) is 20.3. The average Bonchev–Trinajstić information content (AvgIpc) is 3.21. The molecule has 0 spiro atoms. The zero-order chi connectivity index (χ0) is 19.8. The number of hydrogen-bond donors (Lipinski definition) is 1. The molecule has 1 aromatic carbocycles. The summed E-state index contributed by atoms with van der Waals surface area (Å²) in [6.45, 7) is 4.95. The number of rotatable bonds is 9. The number of piperidine rings is 1. The van der Waals surface area contributed by atoms with Crippen LogP contribution in [0.4, 0.5) is 0 Å². The van der Waals surface area contributed by atoms with E-state index in [1.54, 1.807) is 7.11 Å². The van der Waals surface area contributed by atoms with E-state index in [1.807, 2.05) is 24.3 Å². The van der Waals surface area contributed by atoms with Crippen molar-refractivity contribution in [3.8, 4) is 17.1 Å². The number of hydrogen-bond acceptors (Lipinski definition) is 6. The fourth-order valence-corrected chi connectivity index (χ4v) is 3.62. The summed E-state index contributed by atoms with van der Waals surface area (Å²) >= 11 is 0. The van der Waals surface area contributed by atoms with Crippen molar-refractivity contribution in [2.45, 2.75) is 51.5 Å². The molecule has 1 fully saturated rings. The summed E-state index contributed by atoms with van der Waals surface area (Å²) < 4.78 is 10.5. The molecule has 1 saturated heterocycles. The van der Waals surface area contributed by atoms with Gasteiger partial charge in [-0.25, -0.2) is 0 Å². The van der Waals surface area contributed by atoms with E-state index < -0.39 is 0 Å². The SMILES string of the molecule is CCCN(C(=O)CCCc1nc(-c2ccc(OC)cc2)no1)C1CCNCC1. The fourth-order valence-electron chi connectivity index (χ4n) is 3.62. The van der Waals surface area contributed by atoms with Gasteiger partial charge in [-0.05, 0) is 63.0 Å². The van der Waals surface area contributed by atoms with Crippen molar-refractivity contribution in [3.63, 3.8) is 0 Å². The molecule has 0 radical (unpaired) electrons. The largest absolute Gasteiger partial charge is 0.497 e. The van der Waals surface area contributed by atoms with E-state index in [-0.39, 0.29) is 5.91 Å². The van der Waals surface area contributed by atoms with Gasteiger partial charge in [0, 0.05) is 31.0 Å². The topological polar surface area (TPSA) is 80.5 Å². The van der Waals surface area contributed by atoms with Gasteiger partial charge >= 0.3 is 0 Å². The molecule has 152 valence electrons. The van der Waals surface area contributed by atoms with Gasteiger partial charge in [0.2, 0.25) is 17.6 Å². The summed E-state index contributed by atoms with van der Waals surface area (Å²) in [6, 6.07) is 7.91. The van der Waals surface area contributed by atoms with Crippen molar-refractivity contribution in [2.24, 2.45) is 0 Å². The van der Waals surface area contributed by atoms with Gasteiger partial charge in [0.1, 0.15) is 5.75 Å². The minimum Gasteiger partial charge on any atom is -0.497 e. The molecular formula is C21H30N4O3. The molecule has 0 atom stereocenters. The van der Waals surface area contributed by atoms with Gasteiger partial charge < -0.3 is 19.5 Å². The van der Waals surface area contributed by atoms with E-state index in [0.29, 0.717) is 37.0 Å². The Bertz CT molecular complexity index is 738. The zero-order valence-corrected chi connectivity index (χ0v) is 16.8. The standard InChI is InChI=1S/C21H30N4O3/c1-3-15-25(17-11-13-22-14-12-17)20(26)6-4-5-19-23-21(24-28-19)16-7-9-18(27-2)10-8-16/h7-10,17,22H,3-6,11-15H2,1-2H3. The first-order valence-electron chi connectivity index (χ1n) is 10.2. The van der Waals surface area contributed by atoms with Crippen LogP contribution < -0.4 is 10.1 Å². The molecule has 2 aromatic rings. The highest BCUT2D eigenvalue weighted by molar-refractivity contribution is 5.76. The predicted molar refractivity (Wildman–Crippen MR) is 107 cm³/mol. The van der Waals surface area contributed by atoms with Gasteiger partial charge in [0.25, 0.3) is 0 Å².